The molecule has 1 aliphatic carbocycles. The lowest BCUT2D eigenvalue weighted by Crippen LogP contribution is -2.14. The van der Waals surface area contributed by atoms with Crippen LogP contribution in [-0.2, 0) is 4.79 Å². The molecule has 0 aromatic carbocycles. The van der Waals surface area contributed by atoms with Gasteiger partial charge >= 0.3 is 5.97 Å². The molecule has 7 heteroatoms. The number of pyridine rings is 1. The van der Waals surface area contributed by atoms with E-state index in [2.05, 4.69) is 14.5 Å². The van der Waals surface area contributed by atoms with Gasteiger partial charge in [0.2, 0.25) is 0 Å². The lowest BCUT2D eigenvalue weighted by Gasteiger charge is -2.24. The molecule has 3 rings (SSSR count). The second-order valence-corrected chi connectivity index (χ2v) is 6.61. The topological polar surface area (TPSA) is 68.0 Å². The van der Waals surface area contributed by atoms with Crippen molar-refractivity contribution < 1.29 is 9.90 Å². The largest absolute Gasteiger partial charge is 0.481 e. The van der Waals surface area contributed by atoms with Gasteiger partial charge in [-0.3, -0.25) is 4.79 Å². The number of aliphatic carboxylic acids is 1. The van der Waals surface area contributed by atoms with Gasteiger partial charge in [0.05, 0.1) is 10.8 Å². The fourth-order valence-corrected chi connectivity index (χ4v) is 3.78. The van der Waals surface area contributed by atoms with Gasteiger partial charge in [0.25, 0.3) is 0 Å². The molecule has 0 bridgehead atoms. The Hall–Kier alpha value is -1.27. The molecule has 0 saturated heterocycles. The third-order valence-corrected chi connectivity index (χ3v) is 4.87. The number of aromatic nitrogens is 3. The Kier molecular flexibility index (Phi) is 4.35. The molecule has 0 atom stereocenters. The highest BCUT2D eigenvalue weighted by molar-refractivity contribution is 7.99. The lowest BCUT2D eigenvalue weighted by atomic mass is 9.95. The summed E-state index contributed by atoms with van der Waals surface area (Å²) in [6.07, 6.45) is 7.46. The van der Waals surface area contributed by atoms with Crippen LogP contribution in [0.4, 0.5) is 0 Å². The SMILES string of the molecule is O=C(O)CSc1nc2cc(Cl)cnc2n1C1CCCCC1. The number of hydrogen-bond donors (Lipinski definition) is 1. The van der Waals surface area contributed by atoms with Gasteiger partial charge in [-0.2, -0.15) is 0 Å². The van der Waals surface area contributed by atoms with Crippen LogP contribution in [0.5, 0.6) is 0 Å². The molecule has 2 aromatic heterocycles. The molecule has 1 fully saturated rings. The maximum absolute atomic E-state index is 10.8. The third kappa shape index (κ3) is 3.16. The summed E-state index contributed by atoms with van der Waals surface area (Å²) in [4.78, 5) is 19.8. The molecule has 1 N–H and O–H groups in total. The lowest BCUT2D eigenvalue weighted by molar-refractivity contribution is -0.133. The number of nitrogens with zero attached hydrogens (tertiary/aromatic N) is 3. The Morgan fingerprint density at radius 1 is 1.43 bits per heavy atom. The average molecular weight is 326 g/mol. The van der Waals surface area contributed by atoms with E-state index < -0.39 is 5.97 Å². The molecule has 0 unspecified atom stereocenters. The fraction of sp³-hybridized carbons (Fsp3) is 0.500. The number of rotatable bonds is 4. The van der Waals surface area contributed by atoms with Crippen LogP contribution >= 0.6 is 23.4 Å². The third-order valence-electron chi connectivity index (χ3n) is 3.73. The van der Waals surface area contributed by atoms with Crippen molar-refractivity contribution in [2.75, 3.05) is 5.75 Å². The quantitative estimate of drug-likeness (QED) is 0.867. The normalized spacial score (nSPS) is 16.4. The summed E-state index contributed by atoms with van der Waals surface area (Å²) in [7, 11) is 0. The second kappa shape index (κ2) is 6.23. The molecular weight excluding hydrogens is 310 g/mol. The van der Waals surface area contributed by atoms with Crippen molar-refractivity contribution in [3.8, 4) is 0 Å². The Morgan fingerprint density at radius 2 is 2.19 bits per heavy atom. The van der Waals surface area contributed by atoms with Crippen molar-refractivity contribution in [3.05, 3.63) is 17.3 Å². The monoisotopic (exact) mass is 325 g/mol. The van der Waals surface area contributed by atoms with Gasteiger partial charge in [-0.05, 0) is 18.9 Å². The minimum atomic E-state index is -0.840. The van der Waals surface area contributed by atoms with Crippen molar-refractivity contribution in [1.29, 1.82) is 0 Å². The zero-order valence-corrected chi connectivity index (χ0v) is 13.0. The molecular formula is C14H16ClN3O2S. The first-order chi connectivity index (χ1) is 10.1. The van der Waals surface area contributed by atoms with Gasteiger partial charge in [-0.15, -0.1) is 0 Å². The van der Waals surface area contributed by atoms with E-state index in [1.54, 1.807) is 12.3 Å². The van der Waals surface area contributed by atoms with Crippen LogP contribution in [-0.4, -0.2) is 31.4 Å². The number of hydrogen-bond acceptors (Lipinski definition) is 4. The first-order valence-electron chi connectivity index (χ1n) is 7.03. The minimum absolute atomic E-state index is 0.00374. The van der Waals surface area contributed by atoms with Crippen LogP contribution in [0.25, 0.3) is 11.2 Å². The van der Waals surface area contributed by atoms with Gasteiger partial charge in [0, 0.05) is 12.2 Å². The summed E-state index contributed by atoms with van der Waals surface area (Å²) in [6, 6.07) is 2.14. The number of halogens is 1. The highest BCUT2D eigenvalue weighted by atomic mass is 35.5. The van der Waals surface area contributed by atoms with Crippen LogP contribution < -0.4 is 0 Å². The number of thioether (sulfide) groups is 1. The molecule has 2 aromatic rings. The van der Waals surface area contributed by atoms with E-state index >= 15 is 0 Å². The molecule has 0 radical (unpaired) electrons. The summed E-state index contributed by atoms with van der Waals surface area (Å²) in [5.41, 5.74) is 1.54. The second-order valence-electron chi connectivity index (χ2n) is 5.23. The average Bonchev–Trinajstić information content (AvgIpc) is 2.83. The van der Waals surface area contributed by atoms with Crippen LogP contribution in [0.1, 0.15) is 38.1 Å². The van der Waals surface area contributed by atoms with Crippen LogP contribution in [0, 0.1) is 0 Å². The number of carboxylic acid groups (broad SMARTS) is 1. The molecule has 112 valence electrons. The maximum atomic E-state index is 10.8. The molecule has 0 amide bonds. The Bertz CT molecular complexity index is 668. The smallest absolute Gasteiger partial charge is 0.313 e. The van der Waals surface area contributed by atoms with E-state index in [1.807, 2.05) is 0 Å². The number of imidazole rings is 1. The molecule has 1 aliphatic rings. The van der Waals surface area contributed by atoms with E-state index in [1.165, 1.54) is 31.0 Å². The van der Waals surface area contributed by atoms with E-state index in [4.69, 9.17) is 16.7 Å². The first-order valence-corrected chi connectivity index (χ1v) is 8.39. The molecule has 5 nitrogen and oxygen atoms in total. The van der Waals surface area contributed by atoms with E-state index in [0.29, 0.717) is 11.1 Å². The zero-order valence-electron chi connectivity index (χ0n) is 11.5. The van der Waals surface area contributed by atoms with Gasteiger partial charge < -0.3 is 9.67 Å². The summed E-state index contributed by atoms with van der Waals surface area (Å²) in [5.74, 6) is -0.836. The molecule has 21 heavy (non-hydrogen) atoms. The molecule has 0 aliphatic heterocycles. The number of fused-ring (bicyclic) bond motifs is 1. The molecule has 0 spiro atoms. The van der Waals surface area contributed by atoms with Gasteiger partial charge in [0.15, 0.2) is 10.8 Å². The Balaban J connectivity index is 2.03. The Morgan fingerprint density at radius 3 is 2.90 bits per heavy atom. The van der Waals surface area contributed by atoms with Crippen molar-refractivity contribution in [2.45, 2.75) is 43.3 Å². The van der Waals surface area contributed by atoms with Crippen molar-refractivity contribution in [2.24, 2.45) is 0 Å². The standard InChI is InChI=1S/C14H16ClN3O2S/c15-9-6-11-13(16-7-9)18(10-4-2-1-3-5-10)14(17-11)21-8-12(19)20/h6-7,10H,1-5,8H2,(H,19,20). The number of carbonyl (C=O) groups is 1. The van der Waals surface area contributed by atoms with Gasteiger partial charge in [-0.1, -0.05) is 42.6 Å². The highest BCUT2D eigenvalue weighted by Gasteiger charge is 2.23. The molecule has 2 heterocycles. The van der Waals surface area contributed by atoms with Crippen molar-refractivity contribution in [1.82, 2.24) is 14.5 Å². The summed E-state index contributed by atoms with van der Waals surface area (Å²) in [5, 5.41) is 10.2. The fourth-order valence-electron chi connectivity index (χ4n) is 2.83. The first kappa shape index (κ1) is 14.7. The molecule has 1 saturated carbocycles. The Labute approximate surface area is 131 Å². The van der Waals surface area contributed by atoms with E-state index in [9.17, 15) is 4.79 Å². The summed E-state index contributed by atoms with van der Waals surface area (Å²) in [6.45, 7) is 0. The predicted molar refractivity (Wildman–Crippen MR) is 83.0 cm³/mol. The number of carboxylic acids is 1. The highest BCUT2D eigenvalue weighted by Crippen LogP contribution is 2.35. The summed E-state index contributed by atoms with van der Waals surface area (Å²) < 4.78 is 2.11. The van der Waals surface area contributed by atoms with Gasteiger partial charge in [-0.25, -0.2) is 9.97 Å². The van der Waals surface area contributed by atoms with Crippen LogP contribution in [0.3, 0.4) is 0 Å². The summed E-state index contributed by atoms with van der Waals surface area (Å²) >= 11 is 7.23. The zero-order chi connectivity index (χ0) is 14.8. The maximum Gasteiger partial charge on any atom is 0.313 e. The van der Waals surface area contributed by atoms with Crippen molar-refractivity contribution in [3.63, 3.8) is 0 Å². The van der Waals surface area contributed by atoms with Crippen LogP contribution in [0.15, 0.2) is 17.4 Å². The van der Waals surface area contributed by atoms with E-state index in [-0.39, 0.29) is 5.75 Å². The predicted octanol–water partition coefficient (Wildman–Crippen LogP) is 3.77. The van der Waals surface area contributed by atoms with Crippen LogP contribution in [0.2, 0.25) is 5.02 Å². The van der Waals surface area contributed by atoms with Crippen molar-refractivity contribution >= 4 is 40.5 Å². The minimum Gasteiger partial charge on any atom is -0.481 e. The van der Waals surface area contributed by atoms with Gasteiger partial charge in [0.1, 0.15) is 5.52 Å². The van der Waals surface area contributed by atoms with E-state index in [0.717, 1.165) is 29.2 Å².